The maximum absolute atomic E-state index is 4.93. The van der Waals surface area contributed by atoms with Gasteiger partial charge in [-0.2, -0.15) is 6.07 Å². The Morgan fingerprint density at radius 3 is 2.15 bits per heavy atom. The fourth-order valence-electron chi connectivity index (χ4n) is 7.92. The molecule has 0 unspecified atom stereocenters. The van der Waals surface area contributed by atoms with Gasteiger partial charge in [-0.25, -0.2) is 0 Å². The summed E-state index contributed by atoms with van der Waals surface area (Å²) in [6, 6.07) is 21.6. The van der Waals surface area contributed by atoms with Crippen molar-refractivity contribution in [1.29, 1.82) is 0 Å². The first-order valence-corrected chi connectivity index (χ1v) is 19.7. The fraction of sp³-hybridized carbons (Fsp3) is 0.516. The van der Waals surface area contributed by atoms with Crippen LogP contribution in [-0.4, -0.2) is 0 Å². The van der Waals surface area contributed by atoms with Crippen molar-refractivity contribution in [3.63, 3.8) is 0 Å². The Balaban J connectivity index is 0.000000764. The predicted octanol–water partition coefficient (Wildman–Crippen LogP) is 10.2. The molecule has 0 atom stereocenters. The number of hydrogen-bond donors (Lipinski definition) is 0. The number of benzene rings is 2. The summed E-state index contributed by atoms with van der Waals surface area (Å²) in [5.74, 6) is 3.04. The van der Waals surface area contributed by atoms with Crippen LogP contribution in [0.15, 0.2) is 54.6 Å². The van der Waals surface area contributed by atoms with Crippen molar-refractivity contribution < 1.29 is 20.8 Å². The van der Waals surface area contributed by atoms with Crippen molar-refractivity contribution in [3.05, 3.63) is 65.7 Å². The summed E-state index contributed by atoms with van der Waals surface area (Å²) in [6.45, 7) is 2.29. The van der Waals surface area contributed by atoms with E-state index in [4.69, 9.17) is 17.0 Å². The van der Waals surface area contributed by atoms with Gasteiger partial charge in [-0.3, -0.25) is 0 Å². The van der Waals surface area contributed by atoms with Gasteiger partial charge in [0.05, 0.1) is 0 Å². The molecule has 4 aliphatic rings. The van der Waals surface area contributed by atoms with E-state index >= 15 is 0 Å². The second kappa shape index (κ2) is 11.3. The van der Waals surface area contributed by atoms with Crippen LogP contribution in [-0.2, 0) is 32.7 Å². The minimum atomic E-state index is -0.826. The Bertz CT molecular complexity index is 1050. The molecule has 0 heterocycles. The quantitative estimate of drug-likeness (QED) is 0.195. The van der Waals surface area contributed by atoms with Crippen molar-refractivity contribution in [2.75, 3.05) is 0 Å². The third-order valence-electron chi connectivity index (χ3n) is 8.98. The normalized spacial score (nSPS) is 27.0. The van der Waals surface area contributed by atoms with Crippen molar-refractivity contribution in [2.24, 2.45) is 17.8 Å². The average Bonchev–Trinajstić information content (AvgIpc) is 3.25. The molecule has 4 aliphatic carbocycles. The monoisotopic (exact) mass is 569 g/mol. The van der Waals surface area contributed by atoms with E-state index in [9.17, 15) is 0 Å². The Morgan fingerprint density at radius 1 is 0.882 bits per heavy atom. The van der Waals surface area contributed by atoms with Crippen LogP contribution >= 0.6 is 17.0 Å². The summed E-state index contributed by atoms with van der Waals surface area (Å²) >= 11 is -0.826. The number of aryl methyl sites for hydroxylation is 1. The van der Waals surface area contributed by atoms with Gasteiger partial charge in [-0.05, 0) is 79.2 Å². The molecule has 4 saturated carbocycles. The molecule has 3 heteroatoms. The summed E-state index contributed by atoms with van der Waals surface area (Å²) in [5.41, 5.74) is 6.47. The molecule has 4 bridgehead atoms. The van der Waals surface area contributed by atoms with E-state index in [1.165, 1.54) is 98.1 Å². The van der Waals surface area contributed by atoms with E-state index in [0.29, 0.717) is 5.41 Å². The molecule has 0 aliphatic heterocycles. The maximum atomic E-state index is 4.93. The number of fused-ring (bicyclic) bond motifs is 1. The standard InChI is InChI=1S/C31H37.2ClH.Zr/c1-2-3-4-5-7-22-17-27-8-6-9-29(30(27)18-22)26-10-12-28(13-11-26)31-19-23-14-24(20-31)16-25(15-23)21-31;;;/h6,8-13,17-18,23-25H,2-5,7,14-16,19-21H2,1H3;2*1H;/q-1;;;+2/p-2. The Hall–Kier alpha value is -0.487. The van der Waals surface area contributed by atoms with Crippen LogP contribution < -0.4 is 0 Å². The van der Waals surface area contributed by atoms with Gasteiger partial charge in [0.2, 0.25) is 0 Å². The molecule has 3 aromatic carbocycles. The average molecular weight is 572 g/mol. The molecule has 3 aromatic rings. The first-order chi connectivity index (χ1) is 16.6. The van der Waals surface area contributed by atoms with Crippen LogP contribution in [0, 0.1) is 17.8 Å². The summed E-state index contributed by atoms with van der Waals surface area (Å²) in [5, 5.41) is 2.85. The number of halogens is 2. The summed E-state index contributed by atoms with van der Waals surface area (Å²) in [4.78, 5) is 0. The molecule has 0 radical (unpaired) electrons. The van der Waals surface area contributed by atoms with Gasteiger partial charge in [0.1, 0.15) is 0 Å². The van der Waals surface area contributed by atoms with Gasteiger partial charge in [0.25, 0.3) is 0 Å². The molecular formula is C31H37Cl2Zr-. The van der Waals surface area contributed by atoms with E-state index in [1.807, 2.05) is 0 Å². The molecule has 0 N–H and O–H groups in total. The Labute approximate surface area is 224 Å². The predicted molar refractivity (Wildman–Crippen MR) is 144 cm³/mol. The van der Waals surface area contributed by atoms with Crippen LogP contribution in [0.25, 0.3) is 21.9 Å². The molecule has 180 valence electrons. The molecule has 0 spiro atoms. The van der Waals surface area contributed by atoms with Crippen LogP contribution in [0.1, 0.15) is 82.3 Å². The SMILES string of the molecule is CCCCCCc1cc2c(-c3ccc(C45CC6CC(CC(C6)C4)C5)cc3)cccc2[cH-]1.[Cl][Zr][Cl]. The Morgan fingerprint density at radius 2 is 1.53 bits per heavy atom. The van der Waals surface area contributed by atoms with E-state index in [-0.39, 0.29) is 0 Å². The zero-order valence-corrected chi connectivity index (χ0v) is 24.4. The van der Waals surface area contributed by atoms with Crippen LogP contribution in [0.2, 0.25) is 0 Å². The van der Waals surface area contributed by atoms with Crippen molar-refractivity contribution >= 4 is 27.8 Å². The van der Waals surface area contributed by atoms with E-state index in [1.54, 1.807) is 5.56 Å². The van der Waals surface area contributed by atoms with Gasteiger partial charge >= 0.3 is 37.9 Å². The molecule has 0 nitrogen and oxygen atoms in total. The number of hydrogen-bond acceptors (Lipinski definition) is 0. The first kappa shape index (κ1) is 25.2. The topological polar surface area (TPSA) is 0 Å². The van der Waals surface area contributed by atoms with Crippen molar-refractivity contribution in [3.8, 4) is 11.1 Å². The molecule has 0 amide bonds. The van der Waals surface area contributed by atoms with Gasteiger partial charge in [0.15, 0.2) is 0 Å². The molecule has 34 heavy (non-hydrogen) atoms. The number of unbranched alkanes of at least 4 members (excludes halogenated alkanes) is 3. The Kier molecular flexibility index (Phi) is 8.35. The van der Waals surface area contributed by atoms with Crippen LogP contribution in [0.4, 0.5) is 0 Å². The second-order valence-electron chi connectivity index (χ2n) is 11.3. The zero-order chi connectivity index (χ0) is 23.5. The van der Waals surface area contributed by atoms with E-state index in [2.05, 4.69) is 61.5 Å². The van der Waals surface area contributed by atoms with E-state index < -0.39 is 20.8 Å². The summed E-state index contributed by atoms with van der Waals surface area (Å²) in [7, 11) is 9.87. The number of rotatable bonds is 7. The molecule has 0 saturated heterocycles. The molecule has 0 aromatic heterocycles. The van der Waals surface area contributed by atoms with Gasteiger partial charge in [-0.1, -0.05) is 68.5 Å². The fourth-order valence-corrected chi connectivity index (χ4v) is 7.92. The van der Waals surface area contributed by atoms with Crippen LogP contribution in [0.5, 0.6) is 0 Å². The summed E-state index contributed by atoms with van der Waals surface area (Å²) < 4.78 is 0. The van der Waals surface area contributed by atoms with Gasteiger partial charge in [-0.15, -0.1) is 34.5 Å². The van der Waals surface area contributed by atoms with Crippen molar-refractivity contribution in [1.82, 2.24) is 0 Å². The summed E-state index contributed by atoms with van der Waals surface area (Å²) in [6.07, 6.45) is 15.5. The molecule has 4 fully saturated rings. The third-order valence-corrected chi connectivity index (χ3v) is 8.98. The van der Waals surface area contributed by atoms with Crippen molar-refractivity contribution in [2.45, 2.75) is 83.0 Å². The van der Waals surface area contributed by atoms with E-state index in [0.717, 1.165) is 17.8 Å². The third kappa shape index (κ3) is 5.28. The first-order valence-electron chi connectivity index (χ1n) is 13.4. The van der Waals surface area contributed by atoms with Crippen LogP contribution in [0.3, 0.4) is 0 Å². The molecular weight excluding hydrogens is 534 g/mol. The second-order valence-corrected chi connectivity index (χ2v) is 15.1. The van der Waals surface area contributed by atoms with Gasteiger partial charge < -0.3 is 0 Å². The minimum absolute atomic E-state index is 0.505. The zero-order valence-electron chi connectivity index (χ0n) is 20.5. The van der Waals surface area contributed by atoms with Gasteiger partial charge in [0, 0.05) is 0 Å². The molecule has 7 rings (SSSR count).